The van der Waals surface area contributed by atoms with Crippen LogP contribution in [-0.4, -0.2) is 11.6 Å². The number of carbonyl (C=O) groups excluding carboxylic acids is 2. The number of hydrogen-bond acceptors (Lipinski definition) is 3. The van der Waals surface area contributed by atoms with E-state index in [2.05, 4.69) is 0 Å². The van der Waals surface area contributed by atoms with Crippen molar-refractivity contribution in [1.82, 2.24) is 0 Å². The lowest BCUT2D eigenvalue weighted by molar-refractivity contribution is -0.123. The SMILES string of the molecule is CCc1ccc(CCC(=O)CCC(C)=O)o1. The minimum Gasteiger partial charge on any atom is -0.466 e. The zero-order valence-corrected chi connectivity index (χ0v) is 9.91. The van der Waals surface area contributed by atoms with E-state index < -0.39 is 0 Å². The summed E-state index contributed by atoms with van der Waals surface area (Å²) in [6.45, 7) is 3.54. The Hall–Kier alpha value is -1.38. The summed E-state index contributed by atoms with van der Waals surface area (Å²) in [7, 11) is 0. The van der Waals surface area contributed by atoms with Crippen molar-refractivity contribution in [2.75, 3.05) is 0 Å². The predicted octanol–water partition coefficient (Wildman–Crippen LogP) is 2.71. The molecule has 0 aliphatic heterocycles. The van der Waals surface area contributed by atoms with Crippen molar-refractivity contribution in [2.45, 2.75) is 46.0 Å². The molecule has 0 atom stereocenters. The third kappa shape index (κ3) is 4.43. The van der Waals surface area contributed by atoms with Crippen molar-refractivity contribution in [3.8, 4) is 0 Å². The molecule has 0 saturated heterocycles. The van der Waals surface area contributed by atoms with Gasteiger partial charge in [0, 0.05) is 32.1 Å². The standard InChI is InChI=1S/C13H18O3/c1-3-12-8-9-13(16-12)7-6-11(15)5-4-10(2)14/h8-9H,3-7H2,1-2H3. The lowest BCUT2D eigenvalue weighted by Gasteiger charge is -1.97. The van der Waals surface area contributed by atoms with E-state index in [0.717, 1.165) is 17.9 Å². The van der Waals surface area contributed by atoms with Crippen molar-refractivity contribution in [3.63, 3.8) is 0 Å². The molecule has 1 aromatic rings. The topological polar surface area (TPSA) is 47.3 Å². The maximum Gasteiger partial charge on any atom is 0.133 e. The molecule has 1 rings (SSSR count). The summed E-state index contributed by atoms with van der Waals surface area (Å²) in [4.78, 5) is 22.1. The van der Waals surface area contributed by atoms with Gasteiger partial charge >= 0.3 is 0 Å². The highest BCUT2D eigenvalue weighted by Gasteiger charge is 2.06. The lowest BCUT2D eigenvalue weighted by atomic mass is 10.1. The second kappa shape index (κ2) is 6.26. The van der Waals surface area contributed by atoms with Gasteiger partial charge < -0.3 is 9.21 Å². The molecule has 3 heteroatoms. The van der Waals surface area contributed by atoms with Gasteiger partial charge in [-0.1, -0.05) is 6.92 Å². The van der Waals surface area contributed by atoms with Crippen LogP contribution in [0.2, 0.25) is 0 Å². The Kier molecular flexibility index (Phi) is 4.96. The molecule has 0 amide bonds. The van der Waals surface area contributed by atoms with Crippen LogP contribution in [0.4, 0.5) is 0 Å². The first-order valence-electron chi connectivity index (χ1n) is 5.70. The van der Waals surface area contributed by atoms with Crippen molar-refractivity contribution in [3.05, 3.63) is 23.7 Å². The van der Waals surface area contributed by atoms with Crippen LogP contribution in [0.15, 0.2) is 16.5 Å². The van der Waals surface area contributed by atoms with Crippen LogP contribution in [0, 0.1) is 0 Å². The van der Waals surface area contributed by atoms with Gasteiger partial charge in [0.05, 0.1) is 0 Å². The van der Waals surface area contributed by atoms with Crippen molar-refractivity contribution in [2.24, 2.45) is 0 Å². The number of furan rings is 1. The van der Waals surface area contributed by atoms with Gasteiger partial charge in [0.2, 0.25) is 0 Å². The molecule has 0 bridgehead atoms. The van der Waals surface area contributed by atoms with Gasteiger partial charge in [0.25, 0.3) is 0 Å². The molecule has 0 aliphatic rings. The smallest absolute Gasteiger partial charge is 0.133 e. The van der Waals surface area contributed by atoms with E-state index in [1.165, 1.54) is 6.92 Å². The first kappa shape index (κ1) is 12.7. The highest BCUT2D eigenvalue weighted by Crippen LogP contribution is 2.11. The van der Waals surface area contributed by atoms with E-state index in [9.17, 15) is 9.59 Å². The predicted molar refractivity (Wildman–Crippen MR) is 61.3 cm³/mol. The summed E-state index contributed by atoms with van der Waals surface area (Å²) in [6, 6.07) is 3.85. The summed E-state index contributed by atoms with van der Waals surface area (Å²) in [6.07, 6.45) is 2.69. The van der Waals surface area contributed by atoms with Crippen LogP contribution in [0.1, 0.15) is 44.6 Å². The summed E-state index contributed by atoms with van der Waals surface area (Å²) < 4.78 is 5.49. The average molecular weight is 222 g/mol. The second-order valence-corrected chi connectivity index (χ2v) is 3.96. The molecule has 0 spiro atoms. The Balaban J connectivity index is 2.28. The van der Waals surface area contributed by atoms with Crippen molar-refractivity contribution < 1.29 is 14.0 Å². The molecule has 0 unspecified atom stereocenters. The van der Waals surface area contributed by atoms with E-state index in [4.69, 9.17) is 4.42 Å². The molecule has 0 N–H and O–H groups in total. The number of rotatable bonds is 7. The summed E-state index contributed by atoms with van der Waals surface area (Å²) in [5, 5.41) is 0. The Bertz CT molecular complexity index is 363. The summed E-state index contributed by atoms with van der Waals surface area (Å²) >= 11 is 0. The van der Waals surface area contributed by atoms with Crippen LogP contribution in [0.25, 0.3) is 0 Å². The van der Waals surface area contributed by atoms with Gasteiger partial charge in [-0.05, 0) is 19.1 Å². The molecule has 3 nitrogen and oxygen atoms in total. The number of hydrogen-bond donors (Lipinski definition) is 0. The maximum absolute atomic E-state index is 11.4. The fraction of sp³-hybridized carbons (Fsp3) is 0.538. The monoisotopic (exact) mass is 222 g/mol. The third-order valence-electron chi connectivity index (χ3n) is 2.47. The van der Waals surface area contributed by atoms with Crippen LogP contribution >= 0.6 is 0 Å². The van der Waals surface area contributed by atoms with Gasteiger partial charge in [-0.25, -0.2) is 0 Å². The minimum atomic E-state index is 0.0691. The van der Waals surface area contributed by atoms with E-state index >= 15 is 0 Å². The molecule has 0 radical (unpaired) electrons. The fourth-order valence-corrected chi connectivity index (χ4v) is 1.45. The zero-order chi connectivity index (χ0) is 12.0. The lowest BCUT2D eigenvalue weighted by Crippen LogP contribution is -2.02. The number of ketones is 2. The molecule has 1 heterocycles. The van der Waals surface area contributed by atoms with Gasteiger partial charge in [-0.3, -0.25) is 4.79 Å². The third-order valence-corrected chi connectivity index (χ3v) is 2.47. The second-order valence-electron chi connectivity index (χ2n) is 3.96. The van der Waals surface area contributed by atoms with Crippen molar-refractivity contribution >= 4 is 11.6 Å². The zero-order valence-electron chi connectivity index (χ0n) is 9.91. The maximum atomic E-state index is 11.4. The minimum absolute atomic E-state index is 0.0691. The van der Waals surface area contributed by atoms with Crippen molar-refractivity contribution in [1.29, 1.82) is 0 Å². The molecule has 1 aromatic heterocycles. The molecule has 88 valence electrons. The first-order chi connectivity index (χ1) is 7.61. The van der Waals surface area contributed by atoms with Gasteiger partial charge in [0.15, 0.2) is 0 Å². The molecule has 0 fully saturated rings. The average Bonchev–Trinajstić information content (AvgIpc) is 2.71. The van der Waals surface area contributed by atoms with E-state index in [0.29, 0.717) is 25.7 Å². The summed E-state index contributed by atoms with van der Waals surface area (Å²) in [5.41, 5.74) is 0. The van der Waals surface area contributed by atoms with Gasteiger partial charge in [0.1, 0.15) is 23.1 Å². The molecular weight excluding hydrogens is 204 g/mol. The van der Waals surface area contributed by atoms with E-state index in [1.54, 1.807) is 0 Å². The van der Waals surface area contributed by atoms with Crippen LogP contribution in [-0.2, 0) is 22.4 Å². The van der Waals surface area contributed by atoms with Gasteiger partial charge in [-0.15, -0.1) is 0 Å². The molecule has 0 aromatic carbocycles. The summed E-state index contributed by atoms with van der Waals surface area (Å²) in [5.74, 6) is 2.00. The number of Topliss-reactive ketones (excluding diaryl/α,β-unsaturated/α-hetero) is 2. The van der Waals surface area contributed by atoms with Crippen LogP contribution in [0.3, 0.4) is 0 Å². The Morgan fingerprint density at radius 1 is 1.12 bits per heavy atom. The number of aryl methyl sites for hydroxylation is 2. The first-order valence-corrected chi connectivity index (χ1v) is 5.70. The Morgan fingerprint density at radius 2 is 1.81 bits per heavy atom. The van der Waals surface area contributed by atoms with Crippen LogP contribution in [0.5, 0.6) is 0 Å². The normalized spacial score (nSPS) is 10.4. The molecule has 16 heavy (non-hydrogen) atoms. The van der Waals surface area contributed by atoms with Gasteiger partial charge in [-0.2, -0.15) is 0 Å². The Morgan fingerprint density at radius 3 is 2.38 bits per heavy atom. The molecule has 0 aliphatic carbocycles. The Labute approximate surface area is 95.8 Å². The highest BCUT2D eigenvalue weighted by atomic mass is 16.3. The quantitative estimate of drug-likeness (QED) is 0.712. The van der Waals surface area contributed by atoms with E-state index in [1.807, 2.05) is 19.1 Å². The molecular formula is C13H18O3. The highest BCUT2D eigenvalue weighted by molar-refractivity contribution is 5.84. The number of carbonyl (C=O) groups is 2. The largest absolute Gasteiger partial charge is 0.466 e. The molecule has 0 saturated carbocycles. The van der Waals surface area contributed by atoms with E-state index in [-0.39, 0.29) is 11.6 Å². The van der Waals surface area contributed by atoms with Crippen LogP contribution < -0.4 is 0 Å². The fourth-order valence-electron chi connectivity index (χ4n) is 1.45.